The van der Waals surface area contributed by atoms with Crippen molar-refractivity contribution in [2.75, 3.05) is 13.1 Å². The van der Waals surface area contributed by atoms with E-state index in [-0.39, 0.29) is 6.54 Å². The number of carbonyl (C=O) groups excluding carboxylic acids is 3. The van der Waals surface area contributed by atoms with Crippen LogP contribution in [0.2, 0.25) is 0 Å². The molecular formula is C18H21N5O5. The van der Waals surface area contributed by atoms with Crippen LogP contribution in [-0.2, 0) is 20.8 Å². The Bertz CT molecular complexity index is 891. The van der Waals surface area contributed by atoms with Crippen LogP contribution in [0.25, 0.3) is 11.0 Å². The first kappa shape index (κ1) is 19.3. The average molecular weight is 387 g/mol. The highest BCUT2D eigenvalue weighted by Crippen LogP contribution is 2.15. The summed E-state index contributed by atoms with van der Waals surface area (Å²) in [6.45, 7) is 0.926. The summed E-state index contributed by atoms with van der Waals surface area (Å²) in [6.07, 6.45) is 0.806. The lowest BCUT2D eigenvalue weighted by Crippen LogP contribution is -2.42. The van der Waals surface area contributed by atoms with Gasteiger partial charge in [0.05, 0.1) is 17.0 Å². The summed E-state index contributed by atoms with van der Waals surface area (Å²) in [5.41, 5.74) is 1.72. The number of imide groups is 1. The molecule has 2 heterocycles. The topological polar surface area (TPSA) is 144 Å². The second-order valence-corrected chi connectivity index (χ2v) is 6.71. The van der Waals surface area contributed by atoms with Crippen molar-refractivity contribution in [1.82, 2.24) is 25.5 Å². The van der Waals surface area contributed by atoms with E-state index in [9.17, 15) is 19.2 Å². The van der Waals surface area contributed by atoms with Crippen LogP contribution in [0.3, 0.4) is 0 Å². The molecule has 0 bridgehead atoms. The number of carboxylic acids is 1. The molecule has 1 aliphatic rings. The number of amides is 4. The predicted octanol–water partition coefficient (Wildman–Crippen LogP) is 0.253. The molecule has 4 amide bonds. The number of benzene rings is 1. The zero-order valence-corrected chi connectivity index (χ0v) is 15.3. The molecule has 2 atom stereocenters. The lowest BCUT2D eigenvalue weighted by molar-refractivity contribution is -0.141. The van der Waals surface area contributed by atoms with Gasteiger partial charge in [-0.15, -0.1) is 0 Å². The Hall–Kier alpha value is -3.43. The third kappa shape index (κ3) is 4.27. The van der Waals surface area contributed by atoms with Crippen LogP contribution in [0, 0.1) is 5.92 Å². The van der Waals surface area contributed by atoms with Gasteiger partial charge in [0.1, 0.15) is 18.4 Å². The minimum absolute atomic E-state index is 0.0761. The molecule has 10 nitrogen and oxygen atoms in total. The van der Waals surface area contributed by atoms with Crippen LogP contribution < -0.4 is 10.6 Å². The van der Waals surface area contributed by atoms with Crippen LogP contribution in [-0.4, -0.2) is 62.9 Å². The molecule has 1 aromatic heterocycles. The number of para-hydroxylation sites is 2. The van der Waals surface area contributed by atoms with Crippen LogP contribution in [0.1, 0.15) is 19.2 Å². The number of carbonyl (C=O) groups is 4. The second kappa shape index (κ2) is 8.07. The van der Waals surface area contributed by atoms with Crippen molar-refractivity contribution < 1.29 is 24.3 Å². The zero-order chi connectivity index (χ0) is 20.3. The number of nitrogens with one attached hydrogen (secondary N) is 3. The van der Waals surface area contributed by atoms with Gasteiger partial charge >= 0.3 is 12.0 Å². The van der Waals surface area contributed by atoms with E-state index in [0.29, 0.717) is 18.7 Å². The molecule has 0 radical (unpaired) electrons. The number of aromatic nitrogens is 2. The van der Waals surface area contributed by atoms with Crippen LogP contribution >= 0.6 is 0 Å². The molecule has 3 rings (SSSR count). The highest BCUT2D eigenvalue weighted by molar-refractivity contribution is 6.06. The van der Waals surface area contributed by atoms with Crippen molar-refractivity contribution in [3.63, 3.8) is 0 Å². The Labute approximate surface area is 160 Å². The van der Waals surface area contributed by atoms with E-state index >= 15 is 0 Å². The zero-order valence-electron chi connectivity index (χ0n) is 15.3. The highest BCUT2D eigenvalue weighted by atomic mass is 16.4. The van der Waals surface area contributed by atoms with Gasteiger partial charge in [0.2, 0.25) is 5.91 Å². The van der Waals surface area contributed by atoms with E-state index in [1.807, 2.05) is 24.3 Å². The number of urea groups is 1. The van der Waals surface area contributed by atoms with Gasteiger partial charge in [-0.05, 0) is 18.6 Å². The summed E-state index contributed by atoms with van der Waals surface area (Å²) < 4.78 is 0. The van der Waals surface area contributed by atoms with Gasteiger partial charge in [-0.3, -0.25) is 19.3 Å². The molecule has 148 valence electrons. The lowest BCUT2D eigenvalue weighted by atomic mass is 10.1. The van der Waals surface area contributed by atoms with Gasteiger partial charge in [-0.25, -0.2) is 9.78 Å². The largest absolute Gasteiger partial charge is 0.481 e. The average Bonchev–Trinajstić information content (AvgIpc) is 3.19. The van der Waals surface area contributed by atoms with Gasteiger partial charge in [-0.2, -0.15) is 0 Å². The Kier molecular flexibility index (Phi) is 5.57. The van der Waals surface area contributed by atoms with E-state index in [4.69, 9.17) is 5.11 Å². The van der Waals surface area contributed by atoms with Crippen LogP contribution in [0.4, 0.5) is 4.79 Å². The first-order valence-electron chi connectivity index (χ1n) is 8.90. The maximum Gasteiger partial charge on any atom is 0.325 e. The Morgan fingerprint density at radius 1 is 1.32 bits per heavy atom. The van der Waals surface area contributed by atoms with Crippen molar-refractivity contribution >= 4 is 34.8 Å². The first-order valence-corrected chi connectivity index (χ1v) is 8.90. The molecule has 1 saturated heterocycles. The van der Waals surface area contributed by atoms with Gasteiger partial charge in [0, 0.05) is 13.0 Å². The van der Waals surface area contributed by atoms with E-state index in [1.54, 1.807) is 0 Å². The van der Waals surface area contributed by atoms with Gasteiger partial charge in [-0.1, -0.05) is 19.1 Å². The second-order valence-electron chi connectivity index (χ2n) is 6.71. The number of aryl methyl sites for hydroxylation is 1. The van der Waals surface area contributed by atoms with E-state index in [1.165, 1.54) is 6.92 Å². The van der Waals surface area contributed by atoms with Crippen LogP contribution in [0.5, 0.6) is 0 Å². The number of carboxylic acid groups (broad SMARTS) is 1. The molecular weight excluding hydrogens is 366 g/mol. The van der Waals surface area contributed by atoms with E-state index < -0.39 is 42.3 Å². The first-order chi connectivity index (χ1) is 13.3. The van der Waals surface area contributed by atoms with Crippen molar-refractivity contribution in [1.29, 1.82) is 0 Å². The molecule has 1 aromatic carbocycles. The fraction of sp³-hybridized carbons (Fsp3) is 0.389. The fourth-order valence-corrected chi connectivity index (χ4v) is 2.88. The van der Waals surface area contributed by atoms with Gasteiger partial charge < -0.3 is 20.7 Å². The molecule has 0 unspecified atom stereocenters. The van der Waals surface area contributed by atoms with Crippen molar-refractivity contribution in [2.45, 2.75) is 25.8 Å². The summed E-state index contributed by atoms with van der Waals surface area (Å²) >= 11 is 0. The lowest BCUT2D eigenvalue weighted by Gasteiger charge is -2.14. The van der Waals surface area contributed by atoms with Crippen LogP contribution in [0.15, 0.2) is 24.3 Å². The number of fused-ring (bicyclic) bond motifs is 1. The number of H-pyrrole nitrogens is 1. The Balaban J connectivity index is 1.52. The summed E-state index contributed by atoms with van der Waals surface area (Å²) in [6, 6.07) is 6.19. The monoisotopic (exact) mass is 387 g/mol. The number of aromatic amines is 1. The van der Waals surface area contributed by atoms with Crippen molar-refractivity contribution in [2.24, 2.45) is 5.92 Å². The predicted molar refractivity (Wildman–Crippen MR) is 98.3 cm³/mol. The number of hydrogen-bond acceptors (Lipinski definition) is 5. The maximum atomic E-state index is 12.4. The number of hydrogen-bond donors (Lipinski definition) is 4. The Morgan fingerprint density at radius 2 is 2.07 bits per heavy atom. The third-order valence-corrected chi connectivity index (χ3v) is 4.54. The summed E-state index contributed by atoms with van der Waals surface area (Å²) in [4.78, 5) is 55.6. The molecule has 28 heavy (non-hydrogen) atoms. The molecule has 0 saturated carbocycles. The number of rotatable bonds is 8. The normalized spacial score (nSPS) is 17.6. The van der Waals surface area contributed by atoms with E-state index in [0.717, 1.165) is 15.9 Å². The smallest absolute Gasteiger partial charge is 0.325 e. The van der Waals surface area contributed by atoms with Crippen molar-refractivity contribution in [3.8, 4) is 0 Å². The van der Waals surface area contributed by atoms with E-state index in [2.05, 4.69) is 20.6 Å². The fourth-order valence-electron chi connectivity index (χ4n) is 2.88. The molecule has 1 fully saturated rings. The summed E-state index contributed by atoms with van der Waals surface area (Å²) in [7, 11) is 0. The molecule has 1 aliphatic heterocycles. The maximum absolute atomic E-state index is 12.4. The number of imidazole rings is 1. The quantitative estimate of drug-likeness (QED) is 0.478. The molecule has 0 aliphatic carbocycles. The Morgan fingerprint density at radius 3 is 2.79 bits per heavy atom. The van der Waals surface area contributed by atoms with Crippen molar-refractivity contribution in [3.05, 3.63) is 30.1 Å². The SMILES string of the molecule is C[C@@H](CNC(=O)CN1C(=O)N[C@@H](CCc2nc3ccccc3[nH]2)C1=O)C(=O)O. The summed E-state index contributed by atoms with van der Waals surface area (Å²) in [5.74, 6) is -2.16. The molecule has 0 spiro atoms. The molecule has 4 N–H and O–H groups in total. The third-order valence-electron chi connectivity index (χ3n) is 4.54. The minimum Gasteiger partial charge on any atom is -0.481 e. The number of aliphatic carboxylic acids is 1. The highest BCUT2D eigenvalue weighted by Gasteiger charge is 2.38. The standard InChI is InChI=1S/C18H21N5O5/c1-10(17(26)27)8-19-15(24)9-23-16(25)13(22-18(23)28)6-7-14-20-11-4-2-3-5-12(11)21-14/h2-5,10,13H,6-9H2,1H3,(H,19,24)(H,20,21)(H,22,28)(H,26,27)/t10-,13-/m0/s1. The summed E-state index contributed by atoms with van der Waals surface area (Å²) in [5, 5.41) is 13.8. The molecule has 10 heteroatoms. The minimum atomic E-state index is -1.04. The molecule has 2 aromatic rings. The number of nitrogens with zero attached hydrogens (tertiary/aromatic N) is 2. The van der Waals surface area contributed by atoms with Gasteiger partial charge in [0.25, 0.3) is 5.91 Å². The van der Waals surface area contributed by atoms with Gasteiger partial charge in [0.15, 0.2) is 0 Å².